The Labute approximate surface area is 107 Å². The number of piperidine rings is 1. The van der Waals surface area contributed by atoms with E-state index >= 15 is 0 Å². The highest BCUT2D eigenvalue weighted by Crippen LogP contribution is 2.32. The third-order valence-corrected chi connectivity index (χ3v) is 3.16. The lowest BCUT2D eigenvalue weighted by molar-refractivity contribution is -0.383. The van der Waals surface area contributed by atoms with Crippen molar-refractivity contribution < 1.29 is 14.3 Å². The van der Waals surface area contributed by atoms with Gasteiger partial charge in [0.2, 0.25) is 5.52 Å². The Bertz CT molecular complexity index is 666. The van der Waals surface area contributed by atoms with E-state index in [2.05, 4.69) is 14.9 Å². The zero-order valence-electron chi connectivity index (χ0n) is 9.90. The molecular weight excluding hydrogens is 252 g/mol. The number of hydrogen-bond acceptors (Lipinski definition) is 7. The first-order chi connectivity index (χ1) is 9.16. The van der Waals surface area contributed by atoms with Crippen molar-refractivity contribution in [2.75, 3.05) is 18.0 Å². The fourth-order valence-electron chi connectivity index (χ4n) is 2.29. The summed E-state index contributed by atoms with van der Waals surface area (Å²) >= 11 is 0. The number of ketones is 1. The topological polar surface area (TPSA) is 102 Å². The molecule has 0 amide bonds. The molecule has 98 valence electrons. The monoisotopic (exact) mass is 262 g/mol. The molecule has 1 aromatic heterocycles. The average Bonchev–Trinajstić information content (AvgIpc) is 2.86. The van der Waals surface area contributed by atoms with Crippen LogP contribution in [0, 0.1) is 10.1 Å². The molecule has 19 heavy (non-hydrogen) atoms. The molecule has 3 rings (SSSR count). The second-order valence-corrected chi connectivity index (χ2v) is 4.39. The number of benzene rings is 1. The van der Waals surface area contributed by atoms with E-state index in [0.29, 0.717) is 30.7 Å². The van der Waals surface area contributed by atoms with Crippen molar-refractivity contribution in [1.29, 1.82) is 0 Å². The molecule has 0 N–H and O–H groups in total. The predicted octanol–water partition coefficient (Wildman–Crippen LogP) is 1.30. The first kappa shape index (κ1) is 11.6. The molecule has 0 aliphatic carbocycles. The fraction of sp³-hybridized carbons (Fsp3) is 0.364. The van der Waals surface area contributed by atoms with Crippen molar-refractivity contribution in [2.45, 2.75) is 12.8 Å². The number of non-ortho nitro benzene ring substituents is 1. The highest BCUT2D eigenvalue weighted by Gasteiger charge is 2.25. The summed E-state index contributed by atoms with van der Waals surface area (Å²) in [6.07, 6.45) is 1.34. The van der Waals surface area contributed by atoms with Gasteiger partial charge < -0.3 is 4.90 Å². The molecule has 1 saturated heterocycles. The molecule has 0 bridgehead atoms. The predicted molar refractivity (Wildman–Crippen MR) is 64.9 cm³/mol. The van der Waals surface area contributed by atoms with Gasteiger partial charge in [-0.2, -0.15) is 0 Å². The Morgan fingerprint density at radius 2 is 2.11 bits per heavy atom. The van der Waals surface area contributed by atoms with E-state index in [0.717, 1.165) is 6.42 Å². The summed E-state index contributed by atoms with van der Waals surface area (Å²) in [6, 6.07) is 2.95. The highest BCUT2D eigenvalue weighted by molar-refractivity contribution is 5.96. The van der Waals surface area contributed by atoms with Gasteiger partial charge in [-0.1, -0.05) is 0 Å². The maximum Gasteiger partial charge on any atom is 0.300 e. The summed E-state index contributed by atoms with van der Waals surface area (Å²) in [6.45, 7) is 1.01. The number of Topliss-reactive ketones (excluding diaryl/α,β-unsaturated/α-hetero) is 1. The van der Waals surface area contributed by atoms with Gasteiger partial charge in [-0.05, 0) is 22.8 Å². The molecule has 0 spiro atoms. The van der Waals surface area contributed by atoms with Crippen molar-refractivity contribution in [3.63, 3.8) is 0 Å². The van der Waals surface area contributed by atoms with E-state index in [9.17, 15) is 14.9 Å². The third-order valence-electron chi connectivity index (χ3n) is 3.16. The van der Waals surface area contributed by atoms with E-state index in [1.807, 2.05) is 4.90 Å². The Kier molecular flexibility index (Phi) is 2.62. The highest BCUT2D eigenvalue weighted by atomic mass is 16.6. The Hall–Kier alpha value is -2.51. The van der Waals surface area contributed by atoms with Crippen LogP contribution in [0.15, 0.2) is 16.8 Å². The van der Waals surface area contributed by atoms with Crippen molar-refractivity contribution in [1.82, 2.24) is 10.3 Å². The van der Waals surface area contributed by atoms with Crippen LogP contribution in [0.4, 0.5) is 11.4 Å². The van der Waals surface area contributed by atoms with Crippen LogP contribution in [0.1, 0.15) is 12.8 Å². The standard InChI is InChI=1S/C11H10N4O4/c16-7-2-1-5-14(6-7)8-3-4-9(15(17)18)11-10(8)12-19-13-11/h3-4H,1-2,5-6H2. The van der Waals surface area contributed by atoms with E-state index < -0.39 is 4.92 Å². The second-order valence-electron chi connectivity index (χ2n) is 4.39. The SMILES string of the molecule is O=C1CCCN(c2ccc([N+](=O)[O-])c3nonc23)C1. The Morgan fingerprint density at radius 1 is 1.32 bits per heavy atom. The smallest absolute Gasteiger partial charge is 0.300 e. The van der Waals surface area contributed by atoms with Gasteiger partial charge in [0.1, 0.15) is 0 Å². The maximum atomic E-state index is 11.5. The van der Waals surface area contributed by atoms with Crippen LogP contribution in [0.25, 0.3) is 11.0 Å². The van der Waals surface area contributed by atoms with Gasteiger partial charge in [0.15, 0.2) is 11.3 Å². The minimum Gasteiger partial charge on any atom is -0.362 e. The summed E-state index contributed by atoms with van der Waals surface area (Å²) < 4.78 is 4.60. The van der Waals surface area contributed by atoms with Gasteiger partial charge in [-0.3, -0.25) is 14.9 Å². The van der Waals surface area contributed by atoms with Gasteiger partial charge in [-0.15, -0.1) is 0 Å². The van der Waals surface area contributed by atoms with Crippen molar-refractivity contribution in [3.8, 4) is 0 Å². The molecular formula is C11H10N4O4. The number of nitro benzene ring substituents is 1. The summed E-state index contributed by atoms with van der Waals surface area (Å²) in [5.74, 6) is 0.147. The third kappa shape index (κ3) is 1.90. The summed E-state index contributed by atoms with van der Waals surface area (Å²) in [5, 5.41) is 18.2. The first-order valence-electron chi connectivity index (χ1n) is 5.83. The zero-order valence-corrected chi connectivity index (χ0v) is 9.90. The van der Waals surface area contributed by atoms with Gasteiger partial charge >= 0.3 is 5.69 Å². The maximum absolute atomic E-state index is 11.5. The normalized spacial score (nSPS) is 16.0. The molecule has 8 nitrogen and oxygen atoms in total. The molecule has 1 aromatic carbocycles. The fourth-order valence-corrected chi connectivity index (χ4v) is 2.29. The van der Waals surface area contributed by atoms with E-state index in [-0.39, 0.29) is 17.0 Å². The minimum absolute atomic E-state index is 0.112. The Morgan fingerprint density at radius 3 is 2.84 bits per heavy atom. The van der Waals surface area contributed by atoms with Gasteiger partial charge in [0.25, 0.3) is 0 Å². The lowest BCUT2D eigenvalue weighted by Gasteiger charge is -2.27. The van der Waals surface area contributed by atoms with Crippen molar-refractivity contribution >= 4 is 28.2 Å². The van der Waals surface area contributed by atoms with Gasteiger partial charge in [0, 0.05) is 19.0 Å². The van der Waals surface area contributed by atoms with E-state index in [1.165, 1.54) is 6.07 Å². The molecule has 0 atom stereocenters. The van der Waals surface area contributed by atoms with Crippen LogP contribution in [-0.2, 0) is 4.79 Å². The average molecular weight is 262 g/mol. The van der Waals surface area contributed by atoms with Crippen molar-refractivity contribution in [3.05, 3.63) is 22.2 Å². The summed E-state index contributed by atoms with van der Waals surface area (Å²) in [5.41, 5.74) is 0.933. The number of carbonyl (C=O) groups excluding carboxylic acids is 1. The minimum atomic E-state index is -0.530. The summed E-state index contributed by atoms with van der Waals surface area (Å²) in [7, 11) is 0. The van der Waals surface area contributed by atoms with Crippen LogP contribution in [-0.4, -0.2) is 34.1 Å². The molecule has 0 saturated carbocycles. The molecule has 1 fully saturated rings. The van der Waals surface area contributed by atoms with E-state index in [4.69, 9.17) is 0 Å². The number of fused-ring (bicyclic) bond motifs is 1. The molecule has 2 aromatic rings. The lowest BCUT2D eigenvalue weighted by atomic mass is 10.1. The van der Waals surface area contributed by atoms with Crippen LogP contribution in [0.2, 0.25) is 0 Å². The van der Waals surface area contributed by atoms with Crippen molar-refractivity contribution in [2.24, 2.45) is 0 Å². The van der Waals surface area contributed by atoms with Gasteiger partial charge in [0.05, 0.1) is 17.2 Å². The first-order valence-corrected chi connectivity index (χ1v) is 5.83. The molecule has 0 unspecified atom stereocenters. The van der Waals surface area contributed by atoms with Crippen LogP contribution in [0.5, 0.6) is 0 Å². The number of carbonyl (C=O) groups is 1. The molecule has 2 heterocycles. The molecule has 0 radical (unpaired) electrons. The number of aromatic nitrogens is 2. The van der Waals surface area contributed by atoms with Gasteiger partial charge in [-0.25, -0.2) is 4.63 Å². The van der Waals surface area contributed by atoms with Crippen LogP contribution in [0.3, 0.4) is 0 Å². The molecule has 8 heteroatoms. The van der Waals surface area contributed by atoms with Crippen LogP contribution < -0.4 is 4.90 Å². The Balaban J connectivity index is 2.10. The molecule has 1 aliphatic rings. The number of nitrogens with zero attached hydrogens (tertiary/aromatic N) is 4. The second kappa shape index (κ2) is 4.30. The zero-order chi connectivity index (χ0) is 13.4. The number of anilines is 1. The number of hydrogen-bond donors (Lipinski definition) is 0. The molecule has 1 aliphatic heterocycles. The summed E-state index contributed by atoms with van der Waals surface area (Å²) in [4.78, 5) is 23.7. The number of nitro groups is 1. The van der Waals surface area contributed by atoms with E-state index in [1.54, 1.807) is 6.07 Å². The largest absolute Gasteiger partial charge is 0.362 e. The quantitative estimate of drug-likeness (QED) is 0.593. The number of rotatable bonds is 2. The van der Waals surface area contributed by atoms with Crippen LogP contribution >= 0.6 is 0 Å². The lowest BCUT2D eigenvalue weighted by Crippen LogP contribution is -2.35.